The molecule has 0 saturated heterocycles. The lowest BCUT2D eigenvalue weighted by Crippen LogP contribution is -2.28. The van der Waals surface area contributed by atoms with E-state index in [1.165, 1.54) is 17.2 Å². The zero-order chi connectivity index (χ0) is 23.8. The second-order valence-electron chi connectivity index (χ2n) is 9.01. The van der Waals surface area contributed by atoms with E-state index in [4.69, 9.17) is 9.56 Å². The Morgan fingerprint density at radius 3 is 2.58 bits per heavy atom. The van der Waals surface area contributed by atoms with Gasteiger partial charge in [0.05, 0.1) is 11.4 Å². The Bertz CT molecular complexity index is 1230. The van der Waals surface area contributed by atoms with Gasteiger partial charge in [-0.05, 0) is 42.9 Å². The van der Waals surface area contributed by atoms with Gasteiger partial charge in [0.1, 0.15) is 11.5 Å². The Morgan fingerprint density at radius 2 is 1.88 bits per heavy atom. The van der Waals surface area contributed by atoms with E-state index < -0.39 is 21.6 Å². The Labute approximate surface area is 198 Å². The number of sulfonamides is 1. The molecule has 0 amide bonds. The summed E-state index contributed by atoms with van der Waals surface area (Å²) in [4.78, 5) is 14.8. The quantitative estimate of drug-likeness (QED) is 0.639. The molecule has 1 aliphatic heterocycles. The smallest absolute Gasteiger partial charge is 0.343 e. The van der Waals surface area contributed by atoms with Crippen LogP contribution in [0.15, 0.2) is 43.9 Å². The molecule has 1 aliphatic carbocycles. The molecule has 2 heterocycles. The van der Waals surface area contributed by atoms with Crippen LogP contribution in [0.3, 0.4) is 0 Å². The molecule has 0 saturated carbocycles. The topological polar surface area (TPSA) is 114 Å². The Morgan fingerprint density at radius 1 is 1.15 bits per heavy atom. The summed E-state index contributed by atoms with van der Waals surface area (Å²) in [5.74, 6) is 0.660. The third-order valence-electron chi connectivity index (χ3n) is 6.36. The van der Waals surface area contributed by atoms with E-state index in [-0.39, 0.29) is 22.3 Å². The van der Waals surface area contributed by atoms with Crippen LogP contribution >= 0.6 is 11.8 Å². The standard InChI is InChI=1S/C24H30N2O5S2/c1-15(2)21(22-23(27)18-10-5-3-4-6-11-19(18)31-24(22)28)16-8-7-9-17(12-16)26-14-32-13-20(26)33(25,29)30/h7-9,12-13,15,21,27H,3-6,10-11,14H2,1-2H3,(H2,25,29,30). The monoisotopic (exact) mass is 490 g/mol. The third kappa shape index (κ3) is 4.85. The van der Waals surface area contributed by atoms with Crippen LogP contribution in [0.1, 0.15) is 67.9 Å². The number of anilines is 1. The second kappa shape index (κ2) is 9.56. The van der Waals surface area contributed by atoms with Crippen LogP contribution in [0.2, 0.25) is 0 Å². The summed E-state index contributed by atoms with van der Waals surface area (Å²) in [5.41, 5.74) is 2.00. The van der Waals surface area contributed by atoms with Crippen molar-refractivity contribution >= 4 is 27.5 Å². The maximum Gasteiger partial charge on any atom is 0.343 e. The van der Waals surface area contributed by atoms with Gasteiger partial charge in [0.25, 0.3) is 10.0 Å². The van der Waals surface area contributed by atoms with Crippen molar-refractivity contribution in [1.29, 1.82) is 0 Å². The van der Waals surface area contributed by atoms with Crippen molar-refractivity contribution in [3.8, 4) is 5.75 Å². The van der Waals surface area contributed by atoms with Gasteiger partial charge in [-0.2, -0.15) is 0 Å². The van der Waals surface area contributed by atoms with E-state index in [0.717, 1.165) is 36.8 Å². The van der Waals surface area contributed by atoms with Gasteiger partial charge in [-0.25, -0.2) is 18.4 Å². The molecule has 9 heteroatoms. The summed E-state index contributed by atoms with van der Waals surface area (Å²) >= 11 is 1.35. The summed E-state index contributed by atoms with van der Waals surface area (Å²) < 4.78 is 29.8. The highest BCUT2D eigenvalue weighted by Crippen LogP contribution is 2.40. The number of hydrogen-bond acceptors (Lipinski definition) is 7. The largest absolute Gasteiger partial charge is 0.507 e. The maximum atomic E-state index is 13.1. The molecule has 1 aromatic carbocycles. The zero-order valence-corrected chi connectivity index (χ0v) is 20.5. The number of primary sulfonamides is 1. The van der Waals surface area contributed by atoms with Gasteiger partial charge >= 0.3 is 5.63 Å². The fourth-order valence-electron chi connectivity index (χ4n) is 4.80. The summed E-state index contributed by atoms with van der Waals surface area (Å²) in [7, 11) is -3.87. The lowest BCUT2D eigenvalue weighted by atomic mass is 9.81. The molecule has 7 nitrogen and oxygen atoms in total. The number of benzene rings is 1. The molecule has 0 spiro atoms. The number of nitrogens with two attached hydrogens (primary N) is 1. The van der Waals surface area contributed by atoms with Crippen molar-refractivity contribution in [3.05, 3.63) is 67.6 Å². The van der Waals surface area contributed by atoms with Gasteiger partial charge in [-0.3, -0.25) is 0 Å². The number of aryl methyl sites for hydroxylation is 1. The first-order valence-corrected chi connectivity index (χ1v) is 13.9. The van der Waals surface area contributed by atoms with Crippen LogP contribution in [-0.2, 0) is 22.9 Å². The van der Waals surface area contributed by atoms with Crippen molar-refractivity contribution in [3.63, 3.8) is 0 Å². The van der Waals surface area contributed by atoms with E-state index in [1.807, 2.05) is 38.1 Å². The first kappa shape index (κ1) is 23.9. The number of aromatic hydroxyl groups is 1. The molecule has 0 bridgehead atoms. The van der Waals surface area contributed by atoms with Crippen molar-refractivity contribution in [2.75, 3.05) is 10.8 Å². The number of rotatable bonds is 5. The van der Waals surface area contributed by atoms with Crippen molar-refractivity contribution in [2.24, 2.45) is 11.1 Å². The number of nitrogens with zero attached hydrogens (tertiary/aromatic N) is 1. The predicted molar refractivity (Wildman–Crippen MR) is 132 cm³/mol. The molecule has 2 aromatic rings. The molecular weight excluding hydrogens is 460 g/mol. The Hall–Kier alpha value is -2.23. The summed E-state index contributed by atoms with van der Waals surface area (Å²) in [6.45, 7) is 3.99. The summed E-state index contributed by atoms with van der Waals surface area (Å²) in [6, 6.07) is 7.41. The van der Waals surface area contributed by atoms with Crippen LogP contribution in [-0.4, -0.2) is 19.4 Å². The molecule has 1 unspecified atom stereocenters. The van der Waals surface area contributed by atoms with Gasteiger partial charge in [-0.15, -0.1) is 11.8 Å². The van der Waals surface area contributed by atoms with Crippen molar-refractivity contribution in [1.82, 2.24) is 0 Å². The summed E-state index contributed by atoms with van der Waals surface area (Å²) in [5, 5.41) is 18.2. The Kier molecular flexibility index (Phi) is 6.93. The average molecular weight is 491 g/mol. The highest BCUT2D eigenvalue weighted by molar-refractivity contribution is 8.04. The minimum atomic E-state index is -3.87. The number of hydrogen-bond donors (Lipinski definition) is 2. The average Bonchev–Trinajstić information content (AvgIpc) is 3.23. The fraction of sp³-hybridized carbons (Fsp3) is 0.458. The zero-order valence-electron chi connectivity index (χ0n) is 18.9. The van der Waals surface area contributed by atoms with Crippen molar-refractivity contribution in [2.45, 2.75) is 58.3 Å². The fourth-order valence-corrected chi connectivity index (χ4v) is 6.88. The SMILES string of the molecule is CC(C)C(c1cccc(N2CSC=C2S(N)(=O)=O)c1)c1c(O)c2c(oc1=O)CCCCCC2. The van der Waals surface area contributed by atoms with Gasteiger partial charge in [0.2, 0.25) is 0 Å². The lowest BCUT2D eigenvalue weighted by Gasteiger charge is -2.26. The highest BCUT2D eigenvalue weighted by atomic mass is 32.2. The van der Waals surface area contributed by atoms with Gasteiger partial charge in [0.15, 0.2) is 5.03 Å². The van der Waals surface area contributed by atoms with E-state index in [1.54, 1.807) is 4.90 Å². The minimum Gasteiger partial charge on any atom is -0.507 e. The molecule has 1 aromatic heterocycles. The van der Waals surface area contributed by atoms with Crippen LogP contribution in [0, 0.1) is 5.92 Å². The van der Waals surface area contributed by atoms with Crippen LogP contribution in [0.4, 0.5) is 5.69 Å². The first-order chi connectivity index (χ1) is 15.7. The van der Waals surface area contributed by atoms with Crippen LogP contribution in [0.5, 0.6) is 5.75 Å². The number of thioether (sulfide) groups is 1. The molecule has 178 valence electrons. The minimum absolute atomic E-state index is 0.0122. The second-order valence-corrected chi connectivity index (χ2v) is 11.3. The lowest BCUT2D eigenvalue weighted by molar-refractivity contribution is 0.376. The molecule has 1 atom stereocenters. The van der Waals surface area contributed by atoms with Gasteiger partial charge in [-0.1, -0.05) is 38.8 Å². The first-order valence-electron chi connectivity index (χ1n) is 11.3. The van der Waals surface area contributed by atoms with E-state index in [0.29, 0.717) is 30.2 Å². The molecular formula is C24H30N2O5S2. The van der Waals surface area contributed by atoms with E-state index in [2.05, 4.69) is 0 Å². The van der Waals surface area contributed by atoms with E-state index in [9.17, 15) is 18.3 Å². The molecule has 3 N–H and O–H groups in total. The van der Waals surface area contributed by atoms with E-state index >= 15 is 0 Å². The predicted octanol–water partition coefficient (Wildman–Crippen LogP) is 4.39. The van der Waals surface area contributed by atoms with Gasteiger partial charge < -0.3 is 14.4 Å². The molecule has 2 aliphatic rings. The van der Waals surface area contributed by atoms with Gasteiger partial charge in [0, 0.05) is 29.0 Å². The molecule has 4 rings (SSSR count). The maximum absolute atomic E-state index is 13.1. The normalized spacial score (nSPS) is 17.9. The van der Waals surface area contributed by atoms with Crippen LogP contribution < -0.4 is 15.7 Å². The third-order valence-corrected chi connectivity index (χ3v) is 8.23. The van der Waals surface area contributed by atoms with Crippen molar-refractivity contribution < 1.29 is 17.9 Å². The Balaban J connectivity index is 1.80. The molecule has 0 radical (unpaired) electrons. The highest BCUT2D eigenvalue weighted by Gasteiger charge is 2.31. The number of fused-ring (bicyclic) bond motifs is 1. The summed E-state index contributed by atoms with van der Waals surface area (Å²) in [6.07, 6.45) is 5.43. The molecule has 33 heavy (non-hydrogen) atoms. The van der Waals surface area contributed by atoms with Crippen LogP contribution in [0.25, 0.3) is 0 Å². The molecule has 0 fully saturated rings.